The molecule has 3 N–H and O–H groups in total. The SMILES string of the molecule is COc1ccc(NC(=O)c2cn[nH]n2)cc1OCCO. The van der Waals surface area contributed by atoms with Gasteiger partial charge in [-0.1, -0.05) is 0 Å². The van der Waals surface area contributed by atoms with Crippen LogP contribution >= 0.6 is 0 Å². The second-order valence-corrected chi connectivity index (χ2v) is 3.75. The van der Waals surface area contributed by atoms with Gasteiger partial charge in [-0.05, 0) is 12.1 Å². The molecule has 0 fully saturated rings. The number of nitrogens with zero attached hydrogens (tertiary/aromatic N) is 2. The highest BCUT2D eigenvalue weighted by Crippen LogP contribution is 2.30. The van der Waals surface area contributed by atoms with Crippen LogP contribution in [0.5, 0.6) is 11.5 Å². The quantitative estimate of drug-likeness (QED) is 0.707. The second-order valence-electron chi connectivity index (χ2n) is 3.75. The predicted molar refractivity (Wildman–Crippen MR) is 69.9 cm³/mol. The molecule has 2 rings (SSSR count). The van der Waals surface area contributed by atoms with Crippen LogP contribution in [-0.2, 0) is 0 Å². The van der Waals surface area contributed by atoms with Gasteiger partial charge in [0.2, 0.25) is 0 Å². The van der Waals surface area contributed by atoms with E-state index < -0.39 is 5.91 Å². The predicted octanol–water partition coefficient (Wildman–Crippen LogP) is 0.437. The fourth-order valence-corrected chi connectivity index (χ4v) is 1.53. The monoisotopic (exact) mass is 278 g/mol. The van der Waals surface area contributed by atoms with E-state index in [-0.39, 0.29) is 18.9 Å². The van der Waals surface area contributed by atoms with Crippen molar-refractivity contribution < 1.29 is 19.4 Å². The number of H-pyrrole nitrogens is 1. The van der Waals surface area contributed by atoms with E-state index in [2.05, 4.69) is 20.7 Å². The summed E-state index contributed by atoms with van der Waals surface area (Å²) in [7, 11) is 1.51. The summed E-state index contributed by atoms with van der Waals surface area (Å²) in [6.07, 6.45) is 1.32. The minimum Gasteiger partial charge on any atom is -0.493 e. The summed E-state index contributed by atoms with van der Waals surface area (Å²) < 4.78 is 10.5. The molecule has 0 aliphatic rings. The average molecular weight is 278 g/mol. The summed E-state index contributed by atoms with van der Waals surface area (Å²) >= 11 is 0. The van der Waals surface area contributed by atoms with Crippen LogP contribution < -0.4 is 14.8 Å². The number of carbonyl (C=O) groups excluding carboxylic acids is 1. The number of benzene rings is 1. The molecule has 8 nitrogen and oxygen atoms in total. The Labute approximate surface area is 114 Å². The number of anilines is 1. The van der Waals surface area contributed by atoms with E-state index in [1.807, 2.05) is 0 Å². The Hall–Kier alpha value is -2.61. The summed E-state index contributed by atoms with van der Waals surface area (Å²) in [5.74, 6) is 0.550. The third kappa shape index (κ3) is 3.23. The highest BCUT2D eigenvalue weighted by Gasteiger charge is 2.11. The minimum absolute atomic E-state index is 0.112. The van der Waals surface area contributed by atoms with Gasteiger partial charge in [-0.2, -0.15) is 15.4 Å². The molecule has 8 heteroatoms. The van der Waals surface area contributed by atoms with Crippen LogP contribution in [0.1, 0.15) is 10.5 Å². The lowest BCUT2D eigenvalue weighted by atomic mass is 10.2. The molecular formula is C12H14N4O4. The van der Waals surface area contributed by atoms with Crippen molar-refractivity contribution >= 4 is 11.6 Å². The summed E-state index contributed by atoms with van der Waals surface area (Å²) in [4.78, 5) is 11.8. The number of hydrogen-bond donors (Lipinski definition) is 3. The van der Waals surface area contributed by atoms with E-state index in [4.69, 9.17) is 14.6 Å². The molecule has 106 valence electrons. The molecule has 1 aromatic carbocycles. The van der Waals surface area contributed by atoms with E-state index in [0.29, 0.717) is 17.2 Å². The molecule has 1 amide bonds. The molecule has 0 saturated heterocycles. The number of nitrogens with one attached hydrogen (secondary N) is 2. The van der Waals surface area contributed by atoms with Gasteiger partial charge in [0, 0.05) is 11.8 Å². The highest BCUT2D eigenvalue weighted by molar-refractivity contribution is 6.02. The molecule has 0 atom stereocenters. The number of aromatic amines is 1. The Morgan fingerprint density at radius 3 is 2.95 bits per heavy atom. The first-order valence-electron chi connectivity index (χ1n) is 5.83. The van der Waals surface area contributed by atoms with Crippen molar-refractivity contribution in [2.24, 2.45) is 0 Å². The zero-order valence-corrected chi connectivity index (χ0v) is 10.8. The number of aliphatic hydroxyl groups is 1. The molecule has 1 aromatic heterocycles. The number of ether oxygens (including phenoxy) is 2. The number of methoxy groups -OCH3 is 1. The van der Waals surface area contributed by atoms with Crippen molar-refractivity contribution in [3.63, 3.8) is 0 Å². The Morgan fingerprint density at radius 1 is 1.45 bits per heavy atom. The standard InChI is InChI=1S/C12H14N4O4/c1-19-10-3-2-8(6-11(10)20-5-4-17)14-12(18)9-7-13-16-15-9/h2-3,6-7,17H,4-5H2,1H3,(H,14,18)(H,13,15,16). The van der Waals surface area contributed by atoms with E-state index in [0.717, 1.165) is 0 Å². The normalized spacial score (nSPS) is 10.1. The van der Waals surface area contributed by atoms with Gasteiger partial charge >= 0.3 is 0 Å². The Bertz CT molecular complexity index is 571. The molecule has 0 unspecified atom stereocenters. The lowest BCUT2D eigenvalue weighted by Crippen LogP contribution is -2.12. The minimum atomic E-state index is -0.392. The van der Waals surface area contributed by atoms with Crippen molar-refractivity contribution in [3.05, 3.63) is 30.1 Å². The van der Waals surface area contributed by atoms with E-state index >= 15 is 0 Å². The van der Waals surface area contributed by atoms with Gasteiger partial charge in [0.05, 0.1) is 19.9 Å². The molecule has 0 aliphatic heterocycles. The van der Waals surface area contributed by atoms with Crippen LogP contribution in [0.4, 0.5) is 5.69 Å². The zero-order chi connectivity index (χ0) is 14.4. The molecule has 20 heavy (non-hydrogen) atoms. The first-order chi connectivity index (χ1) is 9.74. The summed E-state index contributed by atoms with van der Waals surface area (Å²) in [6.45, 7) is 0.0235. The number of amides is 1. The Kier molecular flexibility index (Phi) is 4.51. The maximum absolute atomic E-state index is 11.8. The Balaban J connectivity index is 2.13. The smallest absolute Gasteiger partial charge is 0.277 e. The highest BCUT2D eigenvalue weighted by atomic mass is 16.5. The van der Waals surface area contributed by atoms with Crippen molar-refractivity contribution in [2.75, 3.05) is 25.6 Å². The van der Waals surface area contributed by atoms with Gasteiger partial charge in [-0.3, -0.25) is 4.79 Å². The number of carbonyl (C=O) groups is 1. The van der Waals surface area contributed by atoms with Gasteiger partial charge in [0.15, 0.2) is 17.2 Å². The fraction of sp³-hybridized carbons (Fsp3) is 0.250. The van der Waals surface area contributed by atoms with Crippen LogP contribution in [0.3, 0.4) is 0 Å². The van der Waals surface area contributed by atoms with Crippen molar-refractivity contribution in [1.82, 2.24) is 15.4 Å². The summed E-state index contributed by atoms with van der Waals surface area (Å²) in [6, 6.07) is 4.93. The van der Waals surface area contributed by atoms with E-state index in [9.17, 15) is 4.79 Å². The van der Waals surface area contributed by atoms with Gasteiger partial charge < -0.3 is 19.9 Å². The summed E-state index contributed by atoms with van der Waals surface area (Å²) in [5.41, 5.74) is 0.699. The van der Waals surface area contributed by atoms with E-state index in [1.165, 1.54) is 13.3 Å². The summed E-state index contributed by atoms with van der Waals surface area (Å²) in [5, 5.41) is 21.0. The Morgan fingerprint density at radius 2 is 2.30 bits per heavy atom. The molecule has 2 aromatic rings. The van der Waals surface area contributed by atoms with Gasteiger partial charge in [-0.25, -0.2) is 0 Å². The fourth-order valence-electron chi connectivity index (χ4n) is 1.53. The molecule has 0 aliphatic carbocycles. The van der Waals surface area contributed by atoms with Gasteiger partial charge in [0.1, 0.15) is 6.61 Å². The van der Waals surface area contributed by atoms with Gasteiger partial charge in [-0.15, -0.1) is 0 Å². The molecule has 0 saturated carbocycles. The van der Waals surface area contributed by atoms with Crippen LogP contribution in [0.15, 0.2) is 24.4 Å². The number of hydrogen-bond acceptors (Lipinski definition) is 6. The number of aliphatic hydroxyl groups excluding tert-OH is 1. The van der Waals surface area contributed by atoms with E-state index in [1.54, 1.807) is 18.2 Å². The lowest BCUT2D eigenvalue weighted by molar-refractivity contribution is 0.102. The molecule has 0 bridgehead atoms. The molecule has 0 spiro atoms. The van der Waals surface area contributed by atoms with Crippen molar-refractivity contribution in [1.29, 1.82) is 0 Å². The first-order valence-corrected chi connectivity index (χ1v) is 5.83. The van der Waals surface area contributed by atoms with Crippen LogP contribution in [0.25, 0.3) is 0 Å². The van der Waals surface area contributed by atoms with Crippen molar-refractivity contribution in [2.45, 2.75) is 0 Å². The maximum Gasteiger partial charge on any atom is 0.277 e. The zero-order valence-electron chi connectivity index (χ0n) is 10.8. The van der Waals surface area contributed by atoms with Crippen molar-refractivity contribution in [3.8, 4) is 11.5 Å². The second kappa shape index (κ2) is 6.53. The van der Waals surface area contributed by atoms with Crippen LogP contribution in [-0.4, -0.2) is 46.7 Å². The third-order valence-electron chi connectivity index (χ3n) is 2.42. The average Bonchev–Trinajstić information content (AvgIpc) is 2.99. The van der Waals surface area contributed by atoms with Gasteiger partial charge in [0.25, 0.3) is 5.91 Å². The molecular weight excluding hydrogens is 264 g/mol. The maximum atomic E-state index is 11.8. The molecule has 1 heterocycles. The van der Waals surface area contributed by atoms with Crippen LogP contribution in [0.2, 0.25) is 0 Å². The topological polar surface area (TPSA) is 109 Å². The first kappa shape index (κ1) is 13.8. The third-order valence-corrected chi connectivity index (χ3v) is 2.42. The van der Waals surface area contributed by atoms with Crippen LogP contribution in [0, 0.1) is 0 Å². The largest absolute Gasteiger partial charge is 0.493 e. The lowest BCUT2D eigenvalue weighted by Gasteiger charge is -2.11. The molecule has 0 radical (unpaired) electrons. The number of rotatable bonds is 6. The number of aromatic nitrogens is 3.